The van der Waals surface area contributed by atoms with Crippen LogP contribution >= 0.6 is 11.8 Å². The predicted molar refractivity (Wildman–Crippen MR) is 53.2 cm³/mol. The number of hydrogen-bond donors (Lipinski definition) is 1. The summed E-state index contributed by atoms with van der Waals surface area (Å²) in [4.78, 5) is 0. The van der Waals surface area contributed by atoms with Crippen LogP contribution in [0.5, 0.6) is 0 Å². The van der Waals surface area contributed by atoms with Gasteiger partial charge in [-0.05, 0) is 25.1 Å². The minimum absolute atomic E-state index is 0.335. The van der Waals surface area contributed by atoms with Crippen LogP contribution in [0.2, 0.25) is 0 Å². The zero-order valence-corrected chi connectivity index (χ0v) is 8.66. The number of sulfone groups is 1. The van der Waals surface area contributed by atoms with Crippen LogP contribution in [0, 0.1) is 0 Å². The Morgan fingerprint density at radius 2 is 2.25 bits per heavy atom. The Kier molecular flexibility index (Phi) is 3.86. The summed E-state index contributed by atoms with van der Waals surface area (Å²) in [7, 11) is -2.68. The molecule has 1 unspecified atom stereocenters. The van der Waals surface area contributed by atoms with Crippen molar-refractivity contribution in [2.75, 3.05) is 23.8 Å². The van der Waals surface area contributed by atoms with E-state index in [9.17, 15) is 8.42 Å². The first kappa shape index (κ1) is 10.3. The molecule has 0 aliphatic carbocycles. The molecule has 1 heterocycles. The molecule has 12 heavy (non-hydrogen) atoms. The topological polar surface area (TPSA) is 60.2 Å². The van der Waals surface area contributed by atoms with E-state index < -0.39 is 9.84 Å². The molecule has 5 heteroatoms. The average Bonchev–Trinajstić information content (AvgIpc) is 2.31. The number of hydrogen-bond acceptors (Lipinski definition) is 4. The maximum Gasteiger partial charge on any atom is 0.151 e. The van der Waals surface area contributed by atoms with Gasteiger partial charge in [0.25, 0.3) is 0 Å². The SMILES string of the molecule is NCCCSC1CCS(=O)(=O)C1. The quantitative estimate of drug-likeness (QED) is 0.675. The molecule has 0 radical (unpaired) electrons. The van der Waals surface area contributed by atoms with Crippen LogP contribution < -0.4 is 5.73 Å². The van der Waals surface area contributed by atoms with Crippen LogP contribution in [0.3, 0.4) is 0 Å². The van der Waals surface area contributed by atoms with Gasteiger partial charge in [-0.2, -0.15) is 11.8 Å². The van der Waals surface area contributed by atoms with Crippen molar-refractivity contribution in [1.82, 2.24) is 0 Å². The van der Waals surface area contributed by atoms with Gasteiger partial charge in [-0.15, -0.1) is 0 Å². The molecule has 0 saturated carbocycles. The van der Waals surface area contributed by atoms with Crippen molar-refractivity contribution in [2.45, 2.75) is 18.1 Å². The third kappa shape index (κ3) is 3.33. The number of nitrogens with two attached hydrogens (primary N) is 1. The molecule has 0 aromatic rings. The molecule has 3 nitrogen and oxygen atoms in total. The first-order chi connectivity index (χ1) is 5.64. The summed E-state index contributed by atoms with van der Waals surface area (Å²) in [5.74, 6) is 1.76. The monoisotopic (exact) mass is 209 g/mol. The van der Waals surface area contributed by atoms with E-state index in [4.69, 9.17) is 5.73 Å². The Bertz CT molecular complexity index is 226. The van der Waals surface area contributed by atoms with Gasteiger partial charge in [0.1, 0.15) is 0 Å². The lowest BCUT2D eigenvalue weighted by molar-refractivity contribution is 0.602. The van der Waals surface area contributed by atoms with E-state index in [0.29, 0.717) is 23.3 Å². The van der Waals surface area contributed by atoms with Gasteiger partial charge >= 0.3 is 0 Å². The summed E-state index contributed by atoms with van der Waals surface area (Å²) < 4.78 is 22.1. The molecule has 0 aromatic heterocycles. The van der Waals surface area contributed by atoms with E-state index in [1.54, 1.807) is 11.8 Å². The van der Waals surface area contributed by atoms with Crippen LogP contribution in [-0.2, 0) is 9.84 Å². The van der Waals surface area contributed by atoms with E-state index >= 15 is 0 Å². The second-order valence-corrected chi connectivity index (χ2v) is 6.68. The van der Waals surface area contributed by atoms with Gasteiger partial charge in [0.2, 0.25) is 0 Å². The summed E-state index contributed by atoms with van der Waals surface area (Å²) in [6.45, 7) is 0.701. The first-order valence-corrected chi connectivity index (χ1v) is 7.03. The van der Waals surface area contributed by atoms with Gasteiger partial charge in [0.05, 0.1) is 11.5 Å². The zero-order valence-electron chi connectivity index (χ0n) is 7.03. The lowest BCUT2D eigenvalue weighted by Gasteiger charge is -2.05. The molecule has 2 N–H and O–H groups in total. The van der Waals surface area contributed by atoms with Crippen molar-refractivity contribution in [3.8, 4) is 0 Å². The fraction of sp³-hybridized carbons (Fsp3) is 1.00. The van der Waals surface area contributed by atoms with Crippen LogP contribution in [0.25, 0.3) is 0 Å². The minimum Gasteiger partial charge on any atom is -0.330 e. The van der Waals surface area contributed by atoms with E-state index in [1.807, 2.05) is 0 Å². The van der Waals surface area contributed by atoms with Gasteiger partial charge in [-0.25, -0.2) is 8.42 Å². The first-order valence-electron chi connectivity index (χ1n) is 4.16. The minimum atomic E-state index is -2.68. The molecule has 1 aliphatic heterocycles. The maximum atomic E-state index is 11.0. The van der Waals surface area contributed by atoms with Gasteiger partial charge < -0.3 is 5.73 Å². The summed E-state index contributed by atoms with van der Waals surface area (Å²) in [5.41, 5.74) is 5.33. The highest BCUT2D eigenvalue weighted by Crippen LogP contribution is 2.24. The normalized spacial score (nSPS) is 27.6. The largest absolute Gasteiger partial charge is 0.330 e. The third-order valence-electron chi connectivity index (χ3n) is 1.89. The van der Waals surface area contributed by atoms with Gasteiger partial charge in [0.15, 0.2) is 9.84 Å². The van der Waals surface area contributed by atoms with E-state index in [0.717, 1.165) is 18.6 Å². The summed E-state index contributed by atoms with van der Waals surface area (Å²) in [6.07, 6.45) is 1.82. The van der Waals surface area contributed by atoms with Crippen molar-refractivity contribution in [1.29, 1.82) is 0 Å². The molecule has 1 atom stereocenters. The Morgan fingerprint density at radius 3 is 2.75 bits per heavy atom. The Hall–Kier alpha value is 0.260. The highest BCUT2D eigenvalue weighted by Gasteiger charge is 2.27. The van der Waals surface area contributed by atoms with E-state index in [-0.39, 0.29) is 0 Å². The van der Waals surface area contributed by atoms with Crippen molar-refractivity contribution in [3.05, 3.63) is 0 Å². The van der Waals surface area contributed by atoms with Crippen molar-refractivity contribution in [2.24, 2.45) is 5.73 Å². The molecule has 72 valence electrons. The summed E-state index contributed by atoms with van der Waals surface area (Å²) >= 11 is 1.75. The van der Waals surface area contributed by atoms with Gasteiger partial charge in [-0.3, -0.25) is 0 Å². The maximum absolute atomic E-state index is 11.0. The highest BCUT2D eigenvalue weighted by atomic mass is 32.2. The predicted octanol–water partition coefficient (Wildman–Crippen LogP) is 0.256. The smallest absolute Gasteiger partial charge is 0.151 e. The van der Waals surface area contributed by atoms with Crippen LogP contribution in [0.1, 0.15) is 12.8 Å². The molecule has 1 fully saturated rings. The molecule has 1 aliphatic rings. The molecule has 1 saturated heterocycles. The fourth-order valence-electron chi connectivity index (χ4n) is 1.23. The molecular formula is C7H15NO2S2. The van der Waals surface area contributed by atoms with E-state index in [1.165, 1.54) is 0 Å². The number of thioether (sulfide) groups is 1. The van der Waals surface area contributed by atoms with Crippen molar-refractivity contribution < 1.29 is 8.42 Å². The van der Waals surface area contributed by atoms with Crippen molar-refractivity contribution in [3.63, 3.8) is 0 Å². The Labute approximate surface area is 78.0 Å². The molecule has 0 aromatic carbocycles. The third-order valence-corrected chi connectivity index (χ3v) is 5.27. The second kappa shape index (κ2) is 4.48. The lowest BCUT2D eigenvalue weighted by atomic mass is 10.4. The highest BCUT2D eigenvalue weighted by molar-refractivity contribution is 8.01. The molecule has 0 spiro atoms. The van der Waals surface area contributed by atoms with Crippen molar-refractivity contribution >= 4 is 21.6 Å². The lowest BCUT2D eigenvalue weighted by Crippen LogP contribution is -2.08. The molecular weight excluding hydrogens is 194 g/mol. The number of rotatable bonds is 4. The molecule has 0 amide bonds. The zero-order chi connectivity index (χ0) is 9.03. The van der Waals surface area contributed by atoms with Crippen LogP contribution in [-0.4, -0.2) is 37.5 Å². The summed E-state index contributed by atoms with van der Waals surface area (Å²) in [5, 5.41) is 0.335. The van der Waals surface area contributed by atoms with Crippen LogP contribution in [0.15, 0.2) is 0 Å². The van der Waals surface area contributed by atoms with Gasteiger partial charge in [-0.1, -0.05) is 0 Å². The van der Waals surface area contributed by atoms with Gasteiger partial charge in [0, 0.05) is 5.25 Å². The molecule has 0 bridgehead atoms. The average molecular weight is 209 g/mol. The molecule has 1 rings (SSSR count). The Morgan fingerprint density at radius 1 is 1.50 bits per heavy atom. The second-order valence-electron chi connectivity index (χ2n) is 3.04. The standard InChI is InChI=1S/C7H15NO2S2/c8-3-1-4-11-7-2-5-12(9,10)6-7/h7H,1-6,8H2. The fourth-order valence-corrected chi connectivity index (χ4v) is 4.88. The van der Waals surface area contributed by atoms with E-state index in [2.05, 4.69) is 0 Å². The Balaban J connectivity index is 2.20. The van der Waals surface area contributed by atoms with Crippen LogP contribution in [0.4, 0.5) is 0 Å². The summed E-state index contributed by atoms with van der Waals surface area (Å²) in [6, 6.07) is 0.